The lowest BCUT2D eigenvalue weighted by Gasteiger charge is -2.34. The summed E-state index contributed by atoms with van der Waals surface area (Å²) in [7, 11) is -3.61. The summed E-state index contributed by atoms with van der Waals surface area (Å²) in [5.74, 6) is 0.734. The molecule has 0 atom stereocenters. The summed E-state index contributed by atoms with van der Waals surface area (Å²) in [6.45, 7) is 5.07. The Morgan fingerprint density at radius 2 is 1.62 bits per heavy atom. The summed E-state index contributed by atoms with van der Waals surface area (Å²) >= 11 is 1.41. The fourth-order valence-corrected chi connectivity index (χ4v) is 5.50. The predicted molar refractivity (Wildman–Crippen MR) is 124 cm³/mol. The number of amides is 2. The van der Waals surface area contributed by atoms with Crippen molar-refractivity contribution in [3.63, 3.8) is 0 Å². The van der Waals surface area contributed by atoms with Gasteiger partial charge in [0.25, 0.3) is 0 Å². The standard InChI is InChI=1S/C22H27N3O5S2/c1-3-30-19-6-10-21(11-7-19)32(28,29)25-14-12-24(13-15-25)22(27)16-31-20-8-4-18(5-9-20)23-17(2)26/h4-11H,3,12-16H2,1-2H3,(H,23,26). The molecule has 0 aromatic heterocycles. The Morgan fingerprint density at radius 1 is 1.00 bits per heavy atom. The molecule has 1 aliphatic rings. The van der Waals surface area contributed by atoms with Crippen LogP contribution in [0.4, 0.5) is 5.69 Å². The van der Waals surface area contributed by atoms with Crippen LogP contribution in [0, 0.1) is 0 Å². The number of carbonyl (C=O) groups excluding carboxylic acids is 2. The average molecular weight is 478 g/mol. The molecule has 2 amide bonds. The first-order valence-electron chi connectivity index (χ1n) is 10.3. The van der Waals surface area contributed by atoms with Crippen LogP contribution in [0.1, 0.15) is 13.8 Å². The van der Waals surface area contributed by atoms with Gasteiger partial charge in [-0.3, -0.25) is 9.59 Å². The van der Waals surface area contributed by atoms with Gasteiger partial charge in [-0.2, -0.15) is 4.31 Å². The minimum Gasteiger partial charge on any atom is -0.494 e. The number of rotatable bonds is 8. The first kappa shape index (κ1) is 24.1. The molecule has 172 valence electrons. The van der Waals surface area contributed by atoms with Gasteiger partial charge >= 0.3 is 0 Å². The number of nitrogens with one attached hydrogen (secondary N) is 1. The third-order valence-corrected chi connectivity index (χ3v) is 7.81. The quantitative estimate of drug-likeness (QED) is 0.588. The molecule has 2 aromatic rings. The summed E-state index contributed by atoms with van der Waals surface area (Å²) in [5.41, 5.74) is 0.707. The normalized spacial score (nSPS) is 14.8. The molecule has 0 aliphatic carbocycles. The lowest BCUT2D eigenvalue weighted by atomic mass is 10.3. The second kappa shape index (κ2) is 10.8. The van der Waals surface area contributed by atoms with E-state index >= 15 is 0 Å². The molecule has 32 heavy (non-hydrogen) atoms. The molecule has 1 saturated heterocycles. The molecule has 0 radical (unpaired) electrons. The van der Waals surface area contributed by atoms with E-state index in [9.17, 15) is 18.0 Å². The molecule has 2 aromatic carbocycles. The van der Waals surface area contributed by atoms with Gasteiger partial charge in [0, 0.05) is 43.7 Å². The second-order valence-electron chi connectivity index (χ2n) is 7.18. The number of ether oxygens (including phenoxy) is 1. The van der Waals surface area contributed by atoms with Gasteiger partial charge in [-0.1, -0.05) is 0 Å². The van der Waals surface area contributed by atoms with Crippen LogP contribution in [-0.4, -0.2) is 68.0 Å². The molecule has 1 heterocycles. The average Bonchev–Trinajstić information content (AvgIpc) is 2.79. The molecule has 3 rings (SSSR count). The number of benzene rings is 2. The van der Waals surface area contributed by atoms with Gasteiger partial charge in [0.05, 0.1) is 17.3 Å². The first-order valence-corrected chi connectivity index (χ1v) is 12.7. The Balaban J connectivity index is 1.50. The van der Waals surface area contributed by atoms with E-state index < -0.39 is 10.0 Å². The van der Waals surface area contributed by atoms with Crippen LogP contribution >= 0.6 is 11.8 Å². The zero-order valence-corrected chi connectivity index (χ0v) is 19.7. The maximum atomic E-state index is 12.9. The Morgan fingerprint density at radius 3 is 2.19 bits per heavy atom. The third-order valence-electron chi connectivity index (χ3n) is 4.90. The lowest BCUT2D eigenvalue weighted by Crippen LogP contribution is -2.50. The fraction of sp³-hybridized carbons (Fsp3) is 0.364. The van der Waals surface area contributed by atoms with E-state index in [4.69, 9.17) is 4.74 Å². The highest BCUT2D eigenvalue weighted by Gasteiger charge is 2.30. The molecule has 1 fully saturated rings. The van der Waals surface area contributed by atoms with E-state index in [1.54, 1.807) is 41.3 Å². The van der Waals surface area contributed by atoms with E-state index in [1.165, 1.54) is 23.0 Å². The second-order valence-corrected chi connectivity index (χ2v) is 10.2. The van der Waals surface area contributed by atoms with Gasteiger partial charge in [0.1, 0.15) is 5.75 Å². The molecular weight excluding hydrogens is 450 g/mol. The number of carbonyl (C=O) groups is 2. The maximum Gasteiger partial charge on any atom is 0.243 e. The van der Waals surface area contributed by atoms with E-state index in [0.717, 1.165) is 4.90 Å². The number of nitrogens with zero attached hydrogens (tertiary/aromatic N) is 2. The van der Waals surface area contributed by atoms with Crippen LogP contribution in [0.25, 0.3) is 0 Å². The Kier molecular flexibility index (Phi) is 8.16. The Hall–Kier alpha value is -2.56. The maximum absolute atomic E-state index is 12.9. The van der Waals surface area contributed by atoms with Crippen LogP contribution in [0.2, 0.25) is 0 Å². The summed E-state index contributed by atoms with van der Waals surface area (Å²) < 4.78 is 32.6. The van der Waals surface area contributed by atoms with Crippen molar-refractivity contribution >= 4 is 39.3 Å². The minimum absolute atomic E-state index is 0.0287. The largest absolute Gasteiger partial charge is 0.494 e. The van der Waals surface area contributed by atoms with E-state index in [2.05, 4.69) is 5.32 Å². The van der Waals surface area contributed by atoms with Crippen molar-refractivity contribution in [2.24, 2.45) is 0 Å². The molecule has 1 N–H and O–H groups in total. The van der Waals surface area contributed by atoms with Crippen LogP contribution in [0.5, 0.6) is 5.75 Å². The molecule has 1 aliphatic heterocycles. The number of hydrogen-bond acceptors (Lipinski definition) is 6. The zero-order chi connectivity index (χ0) is 23.1. The number of hydrogen-bond donors (Lipinski definition) is 1. The van der Waals surface area contributed by atoms with E-state index in [0.29, 0.717) is 31.1 Å². The van der Waals surface area contributed by atoms with Gasteiger partial charge in [-0.05, 0) is 55.5 Å². The molecule has 10 heteroatoms. The van der Waals surface area contributed by atoms with Crippen molar-refractivity contribution in [3.05, 3.63) is 48.5 Å². The highest BCUT2D eigenvalue weighted by atomic mass is 32.2. The Labute approximate surface area is 193 Å². The lowest BCUT2D eigenvalue weighted by molar-refractivity contribution is -0.129. The number of piperazine rings is 1. The van der Waals surface area contributed by atoms with Gasteiger partial charge in [-0.15, -0.1) is 11.8 Å². The molecule has 0 saturated carbocycles. The monoisotopic (exact) mass is 477 g/mol. The van der Waals surface area contributed by atoms with Crippen molar-refractivity contribution in [1.82, 2.24) is 9.21 Å². The van der Waals surface area contributed by atoms with Gasteiger partial charge in [0.15, 0.2) is 0 Å². The van der Waals surface area contributed by atoms with Crippen LogP contribution in [0.15, 0.2) is 58.3 Å². The van der Waals surface area contributed by atoms with Gasteiger partial charge < -0.3 is 15.0 Å². The first-order chi connectivity index (χ1) is 15.3. The fourth-order valence-electron chi connectivity index (χ4n) is 3.28. The number of anilines is 1. The summed E-state index contributed by atoms with van der Waals surface area (Å²) in [4.78, 5) is 26.5. The molecule has 0 spiro atoms. The SMILES string of the molecule is CCOc1ccc(S(=O)(=O)N2CCN(C(=O)CSc3ccc(NC(C)=O)cc3)CC2)cc1. The highest BCUT2D eigenvalue weighted by Crippen LogP contribution is 2.23. The van der Waals surface area contributed by atoms with Gasteiger partial charge in [0.2, 0.25) is 21.8 Å². The summed E-state index contributed by atoms with van der Waals surface area (Å²) in [5, 5.41) is 2.70. The summed E-state index contributed by atoms with van der Waals surface area (Å²) in [6.07, 6.45) is 0. The van der Waals surface area contributed by atoms with Crippen LogP contribution in [0.3, 0.4) is 0 Å². The van der Waals surface area contributed by atoms with Crippen molar-refractivity contribution in [2.45, 2.75) is 23.6 Å². The number of sulfonamides is 1. The van der Waals surface area contributed by atoms with Crippen molar-refractivity contribution in [1.29, 1.82) is 0 Å². The minimum atomic E-state index is -3.61. The van der Waals surface area contributed by atoms with Gasteiger partial charge in [-0.25, -0.2) is 8.42 Å². The van der Waals surface area contributed by atoms with Crippen molar-refractivity contribution in [3.8, 4) is 5.75 Å². The topological polar surface area (TPSA) is 96.0 Å². The van der Waals surface area contributed by atoms with Crippen LogP contribution < -0.4 is 10.1 Å². The predicted octanol–water partition coefficient (Wildman–Crippen LogP) is 2.67. The van der Waals surface area contributed by atoms with E-state index in [-0.39, 0.29) is 35.6 Å². The third kappa shape index (κ3) is 6.24. The molecule has 8 nitrogen and oxygen atoms in total. The smallest absolute Gasteiger partial charge is 0.243 e. The molecular formula is C22H27N3O5S2. The molecule has 0 bridgehead atoms. The highest BCUT2D eigenvalue weighted by molar-refractivity contribution is 8.00. The number of thioether (sulfide) groups is 1. The van der Waals surface area contributed by atoms with Crippen LogP contribution in [-0.2, 0) is 19.6 Å². The zero-order valence-electron chi connectivity index (χ0n) is 18.1. The summed E-state index contributed by atoms with van der Waals surface area (Å²) in [6, 6.07) is 13.7. The van der Waals surface area contributed by atoms with Crippen molar-refractivity contribution < 1.29 is 22.7 Å². The Bertz CT molecular complexity index is 1030. The van der Waals surface area contributed by atoms with E-state index in [1.807, 2.05) is 19.1 Å². The molecule has 0 unspecified atom stereocenters. The van der Waals surface area contributed by atoms with Crippen molar-refractivity contribution in [2.75, 3.05) is 43.9 Å².